The van der Waals surface area contributed by atoms with Crippen molar-refractivity contribution in [1.29, 1.82) is 0 Å². The van der Waals surface area contributed by atoms with Gasteiger partial charge < -0.3 is 21.5 Å². The first kappa shape index (κ1) is 20.0. The molecule has 0 unspecified atom stereocenters. The van der Waals surface area contributed by atoms with E-state index in [1.54, 1.807) is 12.1 Å². The summed E-state index contributed by atoms with van der Waals surface area (Å²) in [6.07, 6.45) is 0. The Hall–Kier alpha value is -2.77. The highest BCUT2D eigenvalue weighted by atomic mass is 79.9. The van der Waals surface area contributed by atoms with E-state index in [2.05, 4.69) is 29.7 Å². The van der Waals surface area contributed by atoms with Crippen LogP contribution in [0.2, 0.25) is 0 Å². The smallest absolute Gasteiger partial charge is 0.270 e. The van der Waals surface area contributed by atoms with Crippen molar-refractivity contribution in [1.82, 2.24) is 4.57 Å². The molecule has 0 saturated carbocycles. The monoisotopic (exact) mass is 454 g/mol. The number of hydrogen-bond donors (Lipinski definition) is 0. The fraction of sp³-hybridized carbons (Fsp3) is 0.0952. The van der Waals surface area contributed by atoms with Crippen molar-refractivity contribution in [2.75, 3.05) is 0 Å². The van der Waals surface area contributed by atoms with Gasteiger partial charge in [-0.1, -0.05) is 48.5 Å². The molecule has 0 N–H and O–H groups in total. The highest BCUT2D eigenvalue weighted by Crippen LogP contribution is 2.27. The van der Waals surface area contributed by atoms with Crippen LogP contribution in [0, 0.1) is 10.1 Å². The van der Waals surface area contributed by atoms with Crippen LogP contribution >= 0.6 is 11.3 Å². The highest BCUT2D eigenvalue weighted by Gasteiger charge is 2.11. The minimum absolute atomic E-state index is 0. The summed E-state index contributed by atoms with van der Waals surface area (Å²) in [5, 5.41) is 15.4. The van der Waals surface area contributed by atoms with Gasteiger partial charge in [0.05, 0.1) is 16.3 Å². The Balaban J connectivity index is 0.00000225. The van der Waals surface area contributed by atoms with Gasteiger partial charge in [-0.15, -0.1) is 11.3 Å². The largest absolute Gasteiger partial charge is 1.00 e. The Morgan fingerprint density at radius 3 is 2.61 bits per heavy atom. The minimum Gasteiger partial charge on any atom is -1.00 e. The van der Waals surface area contributed by atoms with Gasteiger partial charge in [0.25, 0.3) is 5.69 Å². The Morgan fingerprint density at radius 2 is 1.82 bits per heavy atom. The zero-order valence-corrected chi connectivity index (χ0v) is 17.5. The number of halogens is 1. The van der Waals surface area contributed by atoms with Crippen LogP contribution in [0.1, 0.15) is 6.92 Å². The second-order valence-corrected chi connectivity index (χ2v) is 6.90. The van der Waals surface area contributed by atoms with E-state index in [1.807, 2.05) is 35.7 Å². The number of nitro benzene ring substituents is 1. The zero-order valence-electron chi connectivity index (χ0n) is 15.1. The van der Waals surface area contributed by atoms with Gasteiger partial charge in [0, 0.05) is 35.0 Å². The lowest BCUT2D eigenvalue weighted by molar-refractivity contribution is -0.384. The molecule has 1 aromatic heterocycles. The van der Waals surface area contributed by atoms with Gasteiger partial charge in [-0.05, 0) is 18.4 Å². The van der Waals surface area contributed by atoms with Gasteiger partial charge in [0.1, 0.15) is 0 Å². The molecule has 4 aromatic rings. The third kappa shape index (κ3) is 3.76. The van der Waals surface area contributed by atoms with E-state index in [4.69, 9.17) is 4.99 Å². The van der Waals surface area contributed by atoms with Crippen molar-refractivity contribution in [2.45, 2.75) is 13.5 Å². The van der Waals surface area contributed by atoms with Crippen molar-refractivity contribution < 1.29 is 21.9 Å². The first-order valence-corrected chi connectivity index (χ1v) is 9.51. The van der Waals surface area contributed by atoms with Gasteiger partial charge in [-0.25, -0.2) is 4.99 Å². The number of fused-ring (bicyclic) bond motifs is 1. The maximum Gasteiger partial charge on any atom is 0.270 e. The number of nitrogens with zero attached hydrogens (tertiary/aromatic N) is 3. The lowest BCUT2D eigenvalue weighted by atomic mass is 10.1. The standard InChI is InChI=1S/C21H17N3O2S.BrH/c1-2-23-20(16-9-5-10-17(13-16)24(25)26)14-27-21(23)22-19-12-6-8-15-7-3-4-11-18(15)19;/h3-14H,2H2,1H3;1H/p-1. The summed E-state index contributed by atoms with van der Waals surface area (Å²) in [5.41, 5.74) is 2.77. The van der Waals surface area contributed by atoms with Crippen molar-refractivity contribution in [3.05, 3.63) is 87.0 Å². The van der Waals surface area contributed by atoms with Crippen LogP contribution in [0.25, 0.3) is 22.0 Å². The third-order valence-corrected chi connectivity index (χ3v) is 5.31. The number of rotatable bonds is 4. The van der Waals surface area contributed by atoms with Crippen molar-refractivity contribution in [3.8, 4) is 11.3 Å². The lowest BCUT2D eigenvalue weighted by Gasteiger charge is -2.06. The molecular weight excluding hydrogens is 438 g/mol. The maximum absolute atomic E-state index is 11.1. The van der Waals surface area contributed by atoms with E-state index >= 15 is 0 Å². The van der Waals surface area contributed by atoms with Gasteiger partial charge >= 0.3 is 0 Å². The zero-order chi connectivity index (χ0) is 18.8. The molecule has 0 fully saturated rings. The summed E-state index contributed by atoms with van der Waals surface area (Å²) in [6.45, 7) is 2.78. The third-order valence-electron chi connectivity index (χ3n) is 4.45. The molecule has 5 nitrogen and oxygen atoms in total. The highest BCUT2D eigenvalue weighted by molar-refractivity contribution is 7.07. The van der Waals surface area contributed by atoms with Gasteiger partial charge in [-0.3, -0.25) is 10.1 Å². The molecular formula is C21H17BrN3O2S-. The Bertz CT molecular complexity index is 1210. The average molecular weight is 455 g/mol. The molecule has 0 saturated heterocycles. The first-order chi connectivity index (χ1) is 13.2. The van der Waals surface area contributed by atoms with Crippen LogP contribution < -0.4 is 21.8 Å². The molecule has 0 aliphatic carbocycles. The number of thiazole rings is 1. The van der Waals surface area contributed by atoms with E-state index < -0.39 is 0 Å². The predicted octanol–water partition coefficient (Wildman–Crippen LogP) is 2.53. The van der Waals surface area contributed by atoms with Crippen LogP contribution in [0.5, 0.6) is 0 Å². The summed E-state index contributed by atoms with van der Waals surface area (Å²) < 4.78 is 2.09. The van der Waals surface area contributed by atoms with Gasteiger partial charge in [0.2, 0.25) is 0 Å². The number of benzene rings is 3. The average Bonchev–Trinajstić information content (AvgIpc) is 3.11. The molecule has 142 valence electrons. The number of non-ortho nitro benzene ring substituents is 1. The fourth-order valence-corrected chi connectivity index (χ4v) is 4.13. The molecule has 0 atom stereocenters. The van der Waals surface area contributed by atoms with Crippen molar-refractivity contribution in [3.63, 3.8) is 0 Å². The van der Waals surface area contributed by atoms with Crippen LogP contribution in [0.15, 0.2) is 77.1 Å². The van der Waals surface area contributed by atoms with Crippen molar-refractivity contribution in [2.24, 2.45) is 4.99 Å². The summed E-state index contributed by atoms with van der Waals surface area (Å²) in [4.78, 5) is 16.5. The molecule has 0 aliphatic heterocycles. The van der Waals surface area contributed by atoms with Crippen LogP contribution in [0.3, 0.4) is 0 Å². The van der Waals surface area contributed by atoms with Crippen LogP contribution in [0.4, 0.5) is 11.4 Å². The first-order valence-electron chi connectivity index (χ1n) is 8.63. The summed E-state index contributed by atoms with van der Waals surface area (Å²) in [6, 6.07) is 21.0. The van der Waals surface area contributed by atoms with E-state index in [-0.39, 0.29) is 27.6 Å². The molecule has 3 aromatic carbocycles. The van der Waals surface area contributed by atoms with E-state index in [0.29, 0.717) is 0 Å². The second kappa shape index (κ2) is 8.50. The summed E-state index contributed by atoms with van der Waals surface area (Å²) >= 11 is 1.54. The molecule has 0 bridgehead atoms. The molecule has 0 radical (unpaired) electrons. The van der Waals surface area contributed by atoms with Crippen LogP contribution in [-0.2, 0) is 6.54 Å². The normalized spacial score (nSPS) is 11.4. The molecule has 7 heteroatoms. The van der Waals surface area contributed by atoms with Crippen LogP contribution in [-0.4, -0.2) is 9.49 Å². The van der Waals surface area contributed by atoms with E-state index in [9.17, 15) is 10.1 Å². The molecule has 0 aliphatic rings. The molecule has 28 heavy (non-hydrogen) atoms. The molecule has 0 spiro atoms. The lowest BCUT2D eigenvalue weighted by Crippen LogP contribution is -3.00. The Labute approximate surface area is 176 Å². The van der Waals surface area contributed by atoms with Gasteiger partial charge in [-0.2, -0.15) is 0 Å². The predicted molar refractivity (Wildman–Crippen MR) is 109 cm³/mol. The fourth-order valence-electron chi connectivity index (χ4n) is 3.14. The Morgan fingerprint density at radius 1 is 1.07 bits per heavy atom. The number of aromatic nitrogens is 1. The summed E-state index contributed by atoms with van der Waals surface area (Å²) in [7, 11) is 0. The quantitative estimate of drug-likeness (QED) is 0.351. The summed E-state index contributed by atoms with van der Waals surface area (Å²) in [5.74, 6) is 0. The topological polar surface area (TPSA) is 60.4 Å². The molecule has 1 heterocycles. The van der Waals surface area contributed by atoms with Gasteiger partial charge in [0.15, 0.2) is 4.80 Å². The number of hydrogen-bond acceptors (Lipinski definition) is 4. The maximum atomic E-state index is 11.1. The van der Waals surface area contributed by atoms with E-state index in [1.165, 1.54) is 17.4 Å². The number of nitro groups is 1. The molecule has 0 amide bonds. The second-order valence-electron chi connectivity index (χ2n) is 6.07. The minimum atomic E-state index is -0.368. The molecule has 4 rings (SSSR count). The Kier molecular flexibility index (Phi) is 6.06. The van der Waals surface area contributed by atoms with E-state index in [0.717, 1.165) is 39.1 Å². The SMILES string of the molecule is CCn1c(-c2cccc([N+](=O)[O-])c2)csc1=Nc1cccc2ccccc12.[Br-]. The van der Waals surface area contributed by atoms with Crippen molar-refractivity contribution >= 4 is 33.5 Å².